The van der Waals surface area contributed by atoms with Crippen molar-refractivity contribution in [3.63, 3.8) is 0 Å². The number of ether oxygens (including phenoxy) is 1. The molecule has 0 bridgehead atoms. The molecule has 29 heavy (non-hydrogen) atoms. The Hall–Kier alpha value is -1.59. The zero-order valence-electron chi connectivity index (χ0n) is 15.8. The first-order chi connectivity index (χ1) is 12.7. The summed E-state index contributed by atoms with van der Waals surface area (Å²) in [4.78, 5) is 27.6. The Morgan fingerprint density at radius 3 is 2.31 bits per heavy atom. The van der Waals surface area contributed by atoms with E-state index < -0.39 is 23.7 Å². The molecule has 1 aromatic carbocycles. The summed E-state index contributed by atoms with van der Waals surface area (Å²) in [5.41, 5.74) is 4.57. The molecule has 2 rings (SSSR count). The van der Waals surface area contributed by atoms with Gasteiger partial charge in [0.1, 0.15) is 6.04 Å². The van der Waals surface area contributed by atoms with Crippen molar-refractivity contribution >= 4 is 42.3 Å². The number of hydrogen-bond donors (Lipinski definition) is 2. The van der Waals surface area contributed by atoms with Crippen LogP contribution < -0.4 is 11.1 Å². The highest BCUT2D eigenvalue weighted by atomic mass is 35.5. The average molecular weight is 461 g/mol. The number of alkyl halides is 3. The predicted octanol–water partition coefficient (Wildman–Crippen LogP) is 1.61. The van der Waals surface area contributed by atoms with Gasteiger partial charge in [-0.15, -0.1) is 24.8 Å². The van der Waals surface area contributed by atoms with Gasteiger partial charge in [0.05, 0.1) is 24.4 Å². The van der Waals surface area contributed by atoms with Crippen molar-refractivity contribution in [3.8, 4) is 0 Å². The lowest BCUT2D eigenvalue weighted by molar-refractivity contribution is -0.137. The smallest absolute Gasteiger partial charge is 0.383 e. The normalized spacial score (nSPS) is 15.7. The molecule has 0 spiro atoms. The van der Waals surface area contributed by atoms with Crippen LogP contribution in [-0.2, 0) is 20.5 Å². The van der Waals surface area contributed by atoms with E-state index in [1.54, 1.807) is 9.80 Å². The standard InChI is InChI=1S/C17H23F3N4O3.2ClH/c1-27-11-13(21)16(26)24-8-6-23(7-9-24)10-15(25)22-14-5-3-2-4-12(14)17(18,19)20;;/h2-5,13H,6-11,21H2,1H3,(H,22,25);2*1H. The maximum absolute atomic E-state index is 13.0. The quantitative estimate of drug-likeness (QED) is 0.673. The molecule has 1 aromatic rings. The summed E-state index contributed by atoms with van der Waals surface area (Å²) in [7, 11) is 1.46. The van der Waals surface area contributed by atoms with Crippen LogP contribution in [0.3, 0.4) is 0 Å². The Morgan fingerprint density at radius 2 is 1.76 bits per heavy atom. The number of para-hydroxylation sites is 1. The SMILES string of the molecule is COCC(N)C(=O)N1CCN(CC(=O)Nc2ccccc2C(F)(F)F)CC1.Cl.Cl. The van der Waals surface area contributed by atoms with Crippen LogP contribution in [-0.4, -0.2) is 74.1 Å². The first-order valence-electron chi connectivity index (χ1n) is 8.44. The van der Waals surface area contributed by atoms with E-state index in [4.69, 9.17) is 10.5 Å². The molecule has 0 aromatic heterocycles. The molecule has 0 saturated carbocycles. The molecule has 0 radical (unpaired) electrons. The van der Waals surface area contributed by atoms with Gasteiger partial charge in [0.25, 0.3) is 0 Å². The number of hydrogen-bond acceptors (Lipinski definition) is 5. The van der Waals surface area contributed by atoms with E-state index in [1.807, 2.05) is 0 Å². The maximum atomic E-state index is 13.0. The molecule has 1 heterocycles. The second-order valence-corrected chi connectivity index (χ2v) is 6.25. The summed E-state index contributed by atoms with van der Waals surface area (Å²) in [6.07, 6.45) is -4.54. The van der Waals surface area contributed by atoms with E-state index in [9.17, 15) is 22.8 Å². The minimum absolute atomic E-state index is 0. The number of nitrogens with zero attached hydrogens (tertiary/aromatic N) is 2. The molecule has 3 N–H and O–H groups in total. The summed E-state index contributed by atoms with van der Waals surface area (Å²) in [5, 5.41) is 2.32. The second-order valence-electron chi connectivity index (χ2n) is 6.25. The molecule has 1 atom stereocenters. The first-order valence-corrected chi connectivity index (χ1v) is 8.44. The van der Waals surface area contributed by atoms with E-state index in [0.717, 1.165) is 6.07 Å². The highest BCUT2D eigenvalue weighted by molar-refractivity contribution is 5.93. The zero-order valence-corrected chi connectivity index (χ0v) is 17.4. The molecule has 12 heteroatoms. The van der Waals surface area contributed by atoms with Crippen molar-refractivity contribution in [1.29, 1.82) is 0 Å². The molecule has 1 aliphatic heterocycles. The van der Waals surface area contributed by atoms with Crippen LogP contribution in [0.1, 0.15) is 5.56 Å². The van der Waals surface area contributed by atoms with E-state index in [0.29, 0.717) is 26.2 Å². The number of halogens is 5. The number of nitrogens with one attached hydrogen (secondary N) is 1. The summed E-state index contributed by atoms with van der Waals surface area (Å²) < 4.78 is 43.8. The monoisotopic (exact) mass is 460 g/mol. The molecule has 166 valence electrons. The lowest BCUT2D eigenvalue weighted by atomic mass is 10.1. The van der Waals surface area contributed by atoms with Crippen LogP contribution in [0.15, 0.2) is 24.3 Å². The zero-order chi connectivity index (χ0) is 20.0. The lowest BCUT2D eigenvalue weighted by Crippen LogP contribution is -2.55. The van der Waals surface area contributed by atoms with Crippen LogP contribution in [0, 0.1) is 0 Å². The summed E-state index contributed by atoms with van der Waals surface area (Å²) in [6.45, 7) is 1.71. The summed E-state index contributed by atoms with van der Waals surface area (Å²) in [6, 6.07) is 4.10. The number of benzene rings is 1. The van der Waals surface area contributed by atoms with Gasteiger partial charge in [0.15, 0.2) is 0 Å². The fraction of sp³-hybridized carbons (Fsp3) is 0.529. The van der Waals surface area contributed by atoms with E-state index >= 15 is 0 Å². The summed E-state index contributed by atoms with van der Waals surface area (Å²) in [5.74, 6) is -0.761. The van der Waals surface area contributed by atoms with Crippen LogP contribution in [0.25, 0.3) is 0 Å². The third-order valence-corrected chi connectivity index (χ3v) is 4.22. The number of amides is 2. The molecule has 2 amide bonds. The maximum Gasteiger partial charge on any atom is 0.418 e. The first kappa shape index (κ1) is 27.4. The fourth-order valence-corrected chi connectivity index (χ4v) is 2.84. The Kier molecular flexibility index (Phi) is 11.5. The van der Waals surface area contributed by atoms with E-state index in [1.165, 1.54) is 25.3 Å². The average Bonchev–Trinajstić information content (AvgIpc) is 2.61. The number of piperazine rings is 1. The predicted molar refractivity (Wildman–Crippen MR) is 107 cm³/mol. The van der Waals surface area contributed by atoms with Gasteiger partial charge in [-0.2, -0.15) is 13.2 Å². The largest absolute Gasteiger partial charge is 0.418 e. The molecule has 1 aliphatic rings. The number of methoxy groups -OCH3 is 1. The van der Waals surface area contributed by atoms with Gasteiger partial charge >= 0.3 is 6.18 Å². The highest BCUT2D eigenvalue weighted by Crippen LogP contribution is 2.34. The molecular weight excluding hydrogens is 436 g/mol. The Bertz CT molecular complexity index is 672. The molecule has 0 aliphatic carbocycles. The van der Waals surface area contributed by atoms with E-state index in [2.05, 4.69) is 5.32 Å². The molecule has 7 nitrogen and oxygen atoms in total. The second kappa shape index (κ2) is 12.2. The van der Waals surface area contributed by atoms with Gasteiger partial charge in [-0.05, 0) is 12.1 Å². The van der Waals surface area contributed by atoms with Gasteiger partial charge in [0.2, 0.25) is 11.8 Å². The lowest BCUT2D eigenvalue weighted by Gasteiger charge is -2.35. The topological polar surface area (TPSA) is 87.9 Å². The van der Waals surface area contributed by atoms with Crippen molar-refractivity contribution in [2.75, 3.05) is 51.8 Å². The van der Waals surface area contributed by atoms with Gasteiger partial charge in [-0.1, -0.05) is 12.1 Å². The Labute approximate surface area is 179 Å². The molecule has 1 fully saturated rings. The minimum Gasteiger partial charge on any atom is -0.383 e. The van der Waals surface area contributed by atoms with Crippen molar-refractivity contribution in [1.82, 2.24) is 9.80 Å². The van der Waals surface area contributed by atoms with Crippen LogP contribution in [0.4, 0.5) is 18.9 Å². The van der Waals surface area contributed by atoms with Gasteiger partial charge < -0.3 is 20.7 Å². The van der Waals surface area contributed by atoms with E-state index in [-0.39, 0.29) is 49.6 Å². The minimum atomic E-state index is -4.54. The summed E-state index contributed by atoms with van der Waals surface area (Å²) >= 11 is 0. The third kappa shape index (κ3) is 7.98. The number of nitrogens with two attached hydrogens (primary N) is 1. The fourth-order valence-electron chi connectivity index (χ4n) is 2.84. The van der Waals surface area contributed by atoms with Gasteiger partial charge in [0, 0.05) is 33.3 Å². The number of rotatable bonds is 6. The highest BCUT2D eigenvalue weighted by Gasteiger charge is 2.33. The number of anilines is 1. The number of carbonyl (C=O) groups is 2. The van der Waals surface area contributed by atoms with Gasteiger partial charge in [-0.25, -0.2) is 0 Å². The molecular formula is C17H25Cl2F3N4O3. The van der Waals surface area contributed by atoms with Crippen LogP contribution >= 0.6 is 24.8 Å². The van der Waals surface area contributed by atoms with Crippen molar-refractivity contribution in [2.24, 2.45) is 5.73 Å². The number of carbonyl (C=O) groups excluding carboxylic acids is 2. The molecule has 1 unspecified atom stereocenters. The Balaban J connectivity index is 0.00000392. The van der Waals surface area contributed by atoms with Crippen LogP contribution in [0.5, 0.6) is 0 Å². The van der Waals surface area contributed by atoms with Crippen LogP contribution in [0.2, 0.25) is 0 Å². The van der Waals surface area contributed by atoms with Gasteiger partial charge in [-0.3, -0.25) is 14.5 Å². The molecule has 1 saturated heterocycles. The Morgan fingerprint density at radius 1 is 1.17 bits per heavy atom. The van der Waals surface area contributed by atoms with Crippen molar-refractivity contribution in [2.45, 2.75) is 12.2 Å². The van der Waals surface area contributed by atoms with Crippen molar-refractivity contribution in [3.05, 3.63) is 29.8 Å². The third-order valence-electron chi connectivity index (χ3n) is 4.22. The van der Waals surface area contributed by atoms with Crippen molar-refractivity contribution < 1.29 is 27.5 Å².